The number of alkyl halides is 3. The van der Waals surface area contributed by atoms with Crippen LogP contribution in [0.25, 0.3) is 6.08 Å². The Morgan fingerprint density at radius 1 is 0.776 bits per heavy atom. The second-order valence-corrected chi connectivity index (χ2v) is 13.1. The number of rotatable bonds is 13. The van der Waals surface area contributed by atoms with Gasteiger partial charge in [-0.2, -0.15) is 13.2 Å². The van der Waals surface area contributed by atoms with E-state index >= 15 is 0 Å². The summed E-state index contributed by atoms with van der Waals surface area (Å²) in [6, 6.07) is 13.3. The van der Waals surface area contributed by atoms with Crippen LogP contribution in [0.15, 0.2) is 66.8 Å². The second kappa shape index (κ2) is 16.8. The van der Waals surface area contributed by atoms with E-state index in [0.717, 1.165) is 61.8 Å². The Bertz CT molecular complexity index is 1480. The molecule has 49 heavy (non-hydrogen) atoms. The van der Waals surface area contributed by atoms with E-state index < -0.39 is 30.4 Å². The number of carbonyl (C=O) groups excluding carboxylic acids is 4. The lowest BCUT2D eigenvalue weighted by atomic mass is 9.68. The number of hydrogen-bond donors (Lipinski definition) is 0. The zero-order valence-electron chi connectivity index (χ0n) is 27.4. The fourth-order valence-corrected chi connectivity index (χ4v) is 7.07. The quantitative estimate of drug-likeness (QED) is 0.0695. The SMILES string of the molecule is O=C(/C=C/c1ccc(OC(=O)C2CCC(C3CCC(CCCC(F)(F)F)CC3)CC2)cc1)OCCOc1ccc(N2C(=O)C=CC2=O)cc1. The predicted molar refractivity (Wildman–Crippen MR) is 176 cm³/mol. The van der Waals surface area contributed by atoms with Gasteiger partial charge in [0.1, 0.15) is 24.7 Å². The van der Waals surface area contributed by atoms with Gasteiger partial charge in [0.05, 0.1) is 11.6 Å². The van der Waals surface area contributed by atoms with Crippen molar-refractivity contribution in [3.63, 3.8) is 0 Å². The fourth-order valence-electron chi connectivity index (χ4n) is 7.07. The number of carbonyl (C=O) groups is 4. The topological polar surface area (TPSA) is 99.2 Å². The van der Waals surface area contributed by atoms with Crippen molar-refractivity contribution in [2.24, 2.45) is 23.7 Å². The Morgan fingerprint density at radius 3 is 1.98 bits per heavy atom. The lowest BCUT2D eigenvalue weighted by molar-refractivity contribution is -0.140. The lowest BCUT2D eigenvalue weighted by Gasteiger charge is -2.37. The molecule has 0 N–H and O–H groups in total. The van der Waals surface area contributed by atoms with Crippen molar-refractivity contribution in [1.82, 2.24) is 0 Å². The summed E-state index contributed by atoms with van der Waals surface area (Å²) in [7, 11) is 0. The van der Waals surface area contributed by atoms with Crippen molar-refractivity contribution in [2.75, 3.05) is 18.1 Å². The van der Waals surface area contributed by atoms with Crippen LogP contribution < -0.4 is 14.4 Å². The molecule has 0 spiro atoms. The molecule has 1 heterocycles. The van der Waals surface area contributed by atoms with Crippen LogP contribution in [0.1, 0.15) is 76.2 Å². The molecule has 0 bridgehead atoms. The molecular weight excluding hydrogens is 639 g/mol. The third kappa shape index (κ3) is 10.8. The molecule has 0 aromatic heterocycles. The monoisotopic (exact) mass is 681 g/mol. The molecule has 262 valence electrons. The number of anilines is 1. The largest absolute Gasteiger partial charge is 0.490 e. The predicted octanol–water partition coefficient (Wildman–Crippen LogP) is 8.00. The van der Waals surface area contributed by atoms with Gasteiger partial charge in [0.15, 0.2) is 0 Å². The Labute approximate surface area is 284 Å². The van der Waals surface area contributed by atoms with Crippen molar-refractivity contribution >= 4 is 35.5 Å². The highest BCUT2D eigenvalue weighted by Gasteiger charge is 2.34. The van der Waals surface area contributed by atoms with Gasteiger partial charge in [0.2, 0.25) is 0 Å². The van der Waals surface area contributed by atoms with E-state index in [1.807, 2.05) is 0 Å². The van der Waals surface area contributed by atoms with E-state index in [4.69, 9.17) is 14.2 Å². The molecule has 2 aromatic carbocycles. The Hall–Kier alpha value is -4.41. The van der Waals surface area contributed by atoms with Gasteiger partial charge in [-0.1, -0.05) is 31.4 Å². The Balaban J connectivity index is 0.949. The van der Waals surface area contributed by atoms with Gasteiger partial charge in [-0.05, 0) is 111 Å². The minimum Gasteiger partial charge on any atom is -0.490 e. The molecule has 0 unspecified atom stereocenters. The maximum absolute atomic E-state index is 12.9. The van der Waals surface area contributed by atoms with Gasteiger partial charge in [-0.15, -0.1) is 0 Å². The van der Waals surface area contributed by atoms with Gasteiger partial charge in [0.25, 0.3) is 11.8 Å². The van der Waals surface area contributed by atoms with Crippen molar-refractivity contribution in [3.05, 3.63) is 72.3 Å². The first kappa shape index (κ1) is 35.9. The minimum atomic E-state index is -4.06. The van der Waals surface area contributed by atoms with Gasteiger partial charge in [-0.25, -0.2) is 9.69 Å². The first-order valence-electron chi connectivity index (χ1n) is 17.1. The summed E-state index contributed by atoms with van der Waals surface area (Å²) in [5.41, 5.74) is 1.17. The number of hydrogen-bond acceptors (Lipinski definition) is 7. The van der Waals surface area contributed by atoms with Crippen LogP contribution in [0.2, 0.25) is 0 Å². The van der Waals surface area contributed by atoms with Crippen LogP contribution in [0, 0.1) is 23.7 Å². The number of benzene rings is 2. The molecule has 3 aliphatic rings. The van der Waals surface area contributed by atoms with E-state index in [-0.39, 0.29) is 31.5 Å². The molecule has 0 atom stereocenters. The lowest BCUT2D eigenvalue weighted by Crippen LogP contribution is -2.30. The Morgan fingerprint density at radius 2 is 1.37 bits per heavy atom. The summed E-state index contributed by atoms with van der Waals surface area (Å²) in [5, 5.41) is 0. The van der Waals surface area contributed by atoms with Crippen LogP contribution in [0.3, 0.4) is 0 Å². The molecule has 2 saturated carbocycles. The highest BCUT2D eigenvalue weighted by atomic mass is 19.4. The van der Waals surface area contributed by atoms with Gasteiger partial charge < -0.3 is 14.2 Å². The first-order valence-corrected chi connectivity index (χ1v) is 17.1. The standard InChI is InChI=1S/C38H42F3NO7/c39-38(40,41)23-1-2-26-3-8-28(9-4-26)29-10-12-30(13-11-29)37(46)49-33-16-5-27(6-17-33)7-22-36(45)48-25-24-47-32-18-14-31(15-19-32)42-34(43)20-21-35(42)44/h5-7,14-22,26,28-30H,1-4,8-13,23-25H2/b22-7+. The number of esters is 2. The molecule has 11 heteroatoms. The van der Waals surface area contributed by atoms with Crippen LogP contribution in [0.4, 0.5) is 18.9 Å². The van der Waals surface area contributed by atoms with Crippen molar-refractivity contribution in [1.29, 1.82) is 0 Å². The average Bonchev–Trinajstić information content (AvgIpc) is 3.43. The maximum Gasteiger partial charge on any atom is 0.389 e. The van der Waals surface area contributed by atoms with Gasteiger partial charge in [-0.3, -0.25) is 14.4 Å². The van der Waals surface area contributed by atoms with Gasteiger partial charge in [0, 0.05) is 24.6 Å². The highest BCUT2D eigenvalue weighted by molar-refractivity contribution is 6.28. The summed E-state index contributed by atoms with van der Waals surface area (Å²) < 4.78 is 53.7. The molecule has 5 rings (SSSR count). The second-order valence-electron chi connectivity index (χ2n) is 13.1. The van der Waals surface area contributed by atoms with Crippen LogP contribution in [-0.4, -0.2) is 43.1 Å². The number of halogens is 3. The number of imide groups is 1. The van der Waals surface area contributed by atoms with E-state index in [1.54, 1.807) is 54.6 Å². The van der Waals surface area contributed by atoms with E-state index in [1.165, 1.54) is 18.2 Å². The number of amides is 2. The minimum absolute atomic E-state index is 0.0181. The molecule has 8 nitrogen and oxygen atoms in total. The summed E-state index contributed by atoms with van der Waals surface area (Å²) in [6.45, 7) is 0.131. The molecule has 2 aliphatic carbocycles. The van der Waals surface area contributed by atoms with Crippen molar-refractivity contribution < 1.29 is 46.6 Å². The van der Waals surface area contributed by atoms with Crippen LogP contribution >= 0.6 is 0 Å². The Kier molecular flexibility index (Phi) is 12.3. The normalized spacial score (nSPS) is 22.8. The van der Waals surface area contributed by atoms with E-state index in [0.29, 0.717) is 41.4 Å². The van der Waals surface area contributed by atoms with E-state index in [9.17, 15) is 32.3 Å². The summed E-state index contributed by atoms with van der Waals surface area (Å²) in [5.74, 6) is 0.802. The third-order valence-electron chi connectivity index (χ3n) is 9.75. The molecule has 0 saturated heterocycles. The zero-order valence-corrected chi connectivity index (χ0v) is 27.4. The fraction of sp³-hybridized carbons (Fsp3) is 0.474. The molecule has 1 aliphatic heterocycles. The van der Waals surface area contributed by atoms with Gasteiger partial charge >= 0.3 is 18.1 Å². The molecule has 2 aromatic rings. The molecular formula is C38H42F3NO7. The van der Waals surface area contributed by atoms with E-state index in [2.05, 4.69) is 0 Å². The van der Waals surface area contributed by atoms with Crippen molar-refractivity contribution in [2.45, 2.75) is 76.8 Å². The first-order chi connectivity index (χ1) is 23.5. The summed E-state index contributed by atoms with van der Waals surface area (Å²) >= 11 is 0. The smallest absolute Gasteiger partial charge is 0.389 e. The zero-order chi connectivity index (χ0) is 34.8. The van der Waals surface area contributed by atoms with Crippen LogP contribution in [-0.2, 0) is 23.9 Å². The van der Waals surface area contributed by atoms with Crippen molar-refractivity contribution in [3.8, 4) is 11.5 Å². The third-order valence-corrected chi connectivity index (χ3v) is 9.75. The molecule has 0 radical (unpaired) electrons. The molecule has 2 fully saturated rings. The number of ether oxygens (including phenoxy) is 3. The van der Waals surface area contributed by atoms with Crippen LogP contribution in [0.5, 0.6) is 11.5 Å². The summed E-state index contributed by atoms with van der Waals surface area (Å²) in [6.07, 6.45) is 9.18. The maximum atomic E-state index is 12.9. The average molecular weight is 682 g/mol. The molecule has 2 amide bonds. The summed E-state index contributed by atoms with van der Waals surface area (Å²) in [4.78, 5) is 49.6. The highest BCUT2D eigenvalue weighted by Crippen LogP contribution is 2.43. The number of nitrogens with zero attached hydrogens (tertiary/aromatic N) is 1.